The highest BCUT2D eigenvalue weighted by Crippen LogP contribution is 2.27. The van der Waals surface area contributed by atoms with E-state index in [1.807, 2.05) is 60.7 Å². The molecular weight excluding hydrogens is 520 g/mol. The highest BCUT2D eigenvalue weighted by molar-refractivity contribution is 5.93. The molecule has 0 saturated carbocycles. The molecule has 0 heterocycles. The predicted octanol–water partition coefficient (Wildman–Crippen LogP) is 8.79. The van der Waals surface area contributed by atoms with Crippen LogP contribution in [0.15, 0.2) is 72.8 Å². The summed E-state index contributed by atoms with van der Waals surface area (Å²) in [4.78, 5) is 0. The van der Waals surface area contributed by atoms with Crippen molar-refractivity contribution in [3.8, 4) is 46.7 Å². The summed E-state index contributed by atoms with van der Waals surface area (Å²) in [5.74, 6) is 16.7. The molecule has 0 fully saturated rings. The topological polar surface area (TPSA) is 36.9 Å². The molecule has 216 valence electrons. The number of ether oxygens (including phenoxy) is 4. The Kier molecular flexibility index (Phi) is 11.6. The van der Waals surface area contributed by atoms with Crippen molar-refractivity contribution in [3.05, 3.63) is 95.1 Å². The first-order chi connectivity index (χ1) is 20.7. The lowest BCUT2D eigenvalue weighted by Gasteiger charge is -2.10. The van der Waals surface area contributed by atoms with Crippen LogP contribution in [0.2, 0.25) is 0 Å². The van der Waals surface area contributed by atoms with E-state index in [0.717, 1.165) is 81.7 Å². The number of hydrogen-bond acceptors (Lipinski definition) is 4. The molecule has 0 spiro atoms. The predicted molar refractivity (Wildman–Crippen MR) is 172 cm³/mol. The van der Waals surface area contributed by atoms with E-state index in [4.69, 9.17) is 18.9 Å². The minimum atomic E-state index is 0.631. The lowest BCUT2D eigenvalue weighted by molar-refractivity contribution is 0.308. The van der Waals surface area contributed by atoms with E-state index in [1.165, 1.54) is 0 Å². The second-order valence-electron chi connectivity index (χ2n) is 9.92. The largest absolute Gasteiger partial charge is 0.494 e. The van der Waals surface area contributed by atoms with Crippen molar-refractivity contribution in [2.24, 2.45) is 0 Å². The molecule has 0 amide bonds. The molecule has 4 aromatic carbocycles. The molecule has 4 nitrogen and oxygen atoms in total. The van der Waals surface area contributed by atoms with Crippen molar-refractivity contribution >= 4 is 10.8 Å². The molecule has 0 aliphatic rings. The molecular formula is C38H40O4. The van der Waals surface area contributed by atoms with Gasteiger partial charge in [-0.05, 0) is 79.6 Å². The Labute approximate surface area is 251 Å². The number of rotatable bonds is 12. The first-order valence-corrected chi connectivity index (χ1v) is 15.0. The van der Waals surface area contributed by atoms with Gasteiger partial charge in [0.25, 0.3) is 0 Å². The van der Waals surface area contributed by atoms with Crippen LogP contribution in [-0.4, -0.2) is 26.4 Å². The van der Waals surface area contributed by atoms with Crippen molar-refractivity contribution in [1.29, 1.82) is 0 Å². The van der Waals surface area contributed by atoms with Crippen molar-refractivity contribution < 1.29 is 18.9 Å². The van der Waals surface area contributed by atoms with Gasteiger partial charge in [-0.25, -0.2) is 0 Å². The lowest BCUT2D eigenvalue weighted by Crippen LogP contribution is -1.99. The highest BCUT2D eigenvalue weighted by Gasteiger charge is 2.08. The monoisotopic (exact) mass is 560 g/mol. The third-order valence-corrected chi connectivity index (χ3v) is 6.34. The van der Waals surface area contributed by atoms with Gasteiger partial charge >= 0.3 is 0 Å². The van der Waals surface area contributed by atoms with Crippen LogP contribution in [0.1, 0.15) is 75.6 Å². The van der Waals surface area contributed by atoms with Crippen molar-refractivity contribution in [3.63, 3.8) is 0 Å². The fourth-order valence-electron chi connectivity index (χ4n) is 4.33. The van der Waals surface area contributed by atoms with E-state index in [-0.39, 0.29) is 0 Å². The Morgan fingerprint density at radius 1 is 0.452 bits per heavy atom. The maximum atomic E-state index is 6.00. The number of fused-ring (bicyclic) bond motifs is 1. The van der Waals surface area contributed by atoms with Crippen LogP contribution >= 0.6 is 0 Å². The van der Waals surface area contributed by atoms with E-state index in [9.17, 15) is 0 Å². The molecule has 4 heteroatoms. The van der Waals surface area contributed by atoms with Crippen LogP contribution in [-0.2, 0) is 0 Å². The fraction of sp³-hybridized carbons (Fsp3) is 0.316. The van der Waals surface area contributed by atoms with Crippen molar-refractivity contribution in [2.75, 3.05) is 26.4 Å². The van der Waals surface area contributed by atoms with Crippen LogP contribution in [0, 0.1) is 23.7 Å². The van der Waals surface area contributed by atoms with Crippen LogP contribution in [0.4, 0.5) is 0 Å². The summed E-state index contributed by atoms with van der Waals surface area (Å²) in [6.07, 6.45) is 3.73. The molecule has 0 atom stereocenters. The zero-order chi connectivity index (χ0) is 29.6. The van der Waals surface area contributed by atoms with Crippen LogP contribution in [0.5, 0.6) is 23.0 Å². The zero-order valence-electron chi connectivity index (χ0n) is 25.2. The normalized spacial score (nSPS) is 10.3. The molecule has 0 radical (unpaired) electrons. The number of hydrogen-bond donors (Lipinski definition) is 0. The van der Waals surface area contributed by atoms with Gasteiger partial charge in [-0.15, -0.1) is 0 Å². The Morgan fingerprint density at radius 2 is 0.857 bits per heavy atom. The van der Waals surface area contributed by atoms with Crippen molar-refractivity contribution in [1.82, 2.24) is 0 Å². The van der Waals surface area contributed by atoms with Crippen LogP contribution < -0.4 is 18.9 Å². The Balaban J connectivity index is 1.76. The molecule has 0 aromatic heterocycles. The van der Waals surface area contributed by atoms with E-state index in [2.05, 4.69) is 63.5 Å². The minimum absolute atomic E-state index is 0.631. The summed E-state index contributed by atoms with van der Waals surface area (Å²) in [6, 6.07) is 24.0. The van der Waals surface area contributed by atoms with E-state index >= 15 is 0 Å². The molecule has 0 bridgehead atoms. The molecule has 0 N–H and O–H groups in total. The second-order valence-corrected chi connectivity index (χ2v) is 9.92. The van der Waals surface area contributed by atoms with Crippen LogP contribution in [0.3, 0.4) is 0 Å². The average Bonchev–Trinajstić information content (AvgIpc) is 3.03. The highest BCUT2D eigenvalue weighted by atomic mass is 16.5. The third kappa shape index (κ3) is 8.25. The quantitative estimate of drug-likeness (QED) is 0.162. The summed E-state index contributed by atoms with van der Waals surface area (Å²) in [5.41, 5.74) is 3.42. The molecule has 42 heavy (non-hydrogen) atoms. The molecule has 0 aliphatic heterocycles. The molecule has 4 aromatic rings. The first kappa shape index (κ1) is 30.4. The van der Waals surface area contributed by atoms with Gasteiger partial charge in [0.15, 0.2) is 0 Å². The molecule has 0 saturated heterocycles. The zero-order valence-corrected chi connectivity index (χ0v) is 25.2. The Morgan fingerprint density at radius 3 is 1.29 bits per heavy atom. The third-order valence-electron chi connectivity index (χ3n) is 6.34. The van der Waals surface area contributed by atoms with E-state index < -0.39 is 0 Å². The summed E-state index contributed by atoms with van der Waals surface area (Å²) in [6.45, 7) is 11.0. The Bertz CT molecular complexity index is 1480. The minimum Gasteiger partial charge on any atom is -0.494 e. The first-order valence-electron chi connectivity index (χ1n) is 15.0. The van der Waals surface area contributed by atoms with Gasteiger partial charge in [0.05, 0.1) is 37.6 Å². The van der Waals surface area contributed by atoms with E-state index in [0.29, 0.717) is 26.4 Å². The average molecular weight is 561 g/mol. The smallest absolute Gasteiger partial charge is 0.135 e. The standard InChI is InChI=1S/C38H40O4/c1-5-23-39-34-19-21-36(41-25-7-3)32(27-34)17-15-30-13-9-11-29-12-10-14-31(38(29)30)16-18-33-28-35(40-24-6-2)20-22-37(33)42-26-8-4/h9-14,19-22,27-28H,5-8,23-26H2,1-4H3. The summed E-state index contributed by atoms with van der Waals surface area (Å²) >= 11 is 0. The van der Waals surface area contributed by atoms with Crippen molar-refractivity contribution in [2.45, 2.75) is 53.4 Å². The summed E-state index contributed by atoms with van der Waals surface area (Å²) in [7, 11) is 0. The van der Waals surface area contributed by atoms with E-state index in [1.54, 1.807) is 0 Å². The molecule has 0 unspecified atom stereocenters. The maximum absolute atomic E-state index is 6.00. The van der Waals surface area contributed by atoms with Gasteiger partial charge in [-0.2, -0.15) is 0 Å². The van der Waals surface area contributed by atoms with Gasteiger partial charge in [-0.3, -0.25) is 0 Å². The van der Waals surface area contributed by atoms with Gasteiger partial charge in [-0.1, -0.05) is 75.6 Å². The van der Waals surface area contributed by atoms with Gasteiger partial charge in [0.1, 0.15) is 23.0 Å². The summed E-state index contributed by atoms with van der Waals surface area (Å²) in [5, 5.41) is 2.10. The Hall–Kier alpha value is -4.54. The molecule has 0 aliphatic carbocycles. The second kappa shape index (κ2) is 16.0. The maximum Gasteiger partial charge on any atom is 0.135 e. The lowest BCUT2D eigenvalue weighted by atomic mass is 9.99. The summed E-state index contributed by atoms with van der Waals surface area (Å²) < 4.78 is 23.8. The SMILES string of the molecule is CCCOc1ccc(OCCC)c(C#Cc2cccc3cccc(C#Cc4cc(OCCC)ccc4OCCC)c23)c1. The molecule has 4 rings (SSSR count). The number of benzene rings is 4. The van der Waals surface area contributed by atoms with Gasteiger partial charge in [0, 0.05) is 16.5 Å². The fourth-order valence-corrected chi connectivity index (χ4v) is 4.33. The van der Waals surface area contributed by atoms with Crippen LogP contribution in [0.25, 0.3) is 10.8 Å². The van der Waals surface area contributed by atoms with Gasteiger partial charge < -0.3 is 18.9 Å². The van der Waals surface area contributed by atoms with Gasteiger partial charge in [0.2, 0.25) is 0 Å².